The Bertz CT molecular complexity index is 738. The van der Waals surface area contributed by atoms with Crippen molar-refractivity contribution in [2.45, 2.75) is 0 Å². The van der Waals surface area contributed by atoms with Gasteiger partial charge in [-0.3, -0.25) is 0 Å². The molecule has 0 fully saturated rings. The molecular formula is C27H29ClO2. The summed E-state index contributed by atoms with van der Waals surface area (Å²) in [6.45, 7) is 13.9. The van der Waals surface area contributed by atoms with E-state index in [2.05, 4.69) is 26.3 Å². The molecule has 0 amide bonds. The minimum Gasteiger partial charge on any atom is -0.478 e. The smallest absolute Gasteiger partial charge is 0.327 e. The predicted molar refractivity (Wildman–Crippen MR) is 135 cm³/mol. The highest BCUT2D eigenvalue weighted by Gasteiger charge is 1.77. The van der Waals surface area contributed by atoms with Crippen molar-refractivity contribution in [2.75, 3.05) is 0 Å². The van der Waals surface area contributed by atoms with Crippen molar-refractivity contribution in [3.8, 4) is 0 Å². The Hall–Kier alpha value is -3.62. The van der Waals surface area contributed by atoms with E-state index < -0.39 is 5.97 Å². The second-order valence-electron chi connectivity index (χ2n) is 5.39. The molecule has 0 aliphatic heterocycles. The molecule has 1 N–H and O–H groups in total. The highest BCUT2D eigenvalue weighted by Crippen LogP contribution is 1.98. The lowest BCUT2D eigenvalue weighted by Gasteiger charge is -1.85. The fraction of sp³-hybridized carbons (Fsp3) is 0. The summed E-state index contributed by atoms with van der Waals surface area (Å²) in [6, 6.07) is 30.1. The molecule has 0 atom stereocenters. The van der Waals surface area contributed by atoms with Gasteiger partial charge in [0, 0.05) is 6.08 Å². The maximum Gasteiger partial charge on any atom is 0.327 e. The number of benzene rings is 3. The number of halogens is 1. The number of rotatable bonds is 4. The third-order valence-corrected chi connectivity index (χ3v) is 3.28. The van der Waals surface area contributed by atoms with Gasteiger partial charge in [0.25, 0.3) is 0 Å². The maximum atomic E-state index is 9.25. The number of carbonyl (C=O) groups is 1. The SMILES string of the molecule is C=CC(=O)O.C=Cc1ccccc1.C=Cc1ccccc1.C=Cc1ccccc1.Cl. The van der Waals surface area contributed by atoms with Crippen molar-refractivity contribution < 1.29 is 9.90 Å². The van der Waals surface area contributed by atoms with E-state index in [0.717, 1.165) is 6.08 Å². The minimum absolute atomic E-state index is 0. The molecule has 2 nitrogen and oxygen atoms in total. The Kier molecular flexibility index (Phi) is 19.2. The van der Waals surface area contributed by atoms with Gasteiger partial charge in [-0.25, -0.2) is 4.79 Å². The van der Waals surface area contributed by atoms with Gasteiger partial charge < -0.3 is 5.11 Å². The predicted octanol–water partition coefficient (Wildman–Crippen LogP) is 7.67. The highest BCUT2D eigenvalue weighted by atomic mass is 35.5. The molecular weight excluding hydrogens is 392 g/mol. The van der Waals surface area contributed by atoms with Crippen LogP contribution in [0.4, 0.5) is 0 Å². The second-order valence-corrected chi connectivity index (χ2v) is 5.39. The molecule has 3 rings (SSSR count). The lowest BCUT2D eigenvalue weighted by molar-refractivity contribution is -0.131. The van der Waals surface area contributed by atoms with Gasteiger partial charge in [0.15, 0.2) is 0 Å². The van der Waals surface area contributed by atoms with Crippen LogP contribution in [0.15, 0.2) is 123 Å². The molecule has 3 aromatic rings. The van der Waals surface area contributed by atoms with Gasteiger partial charge in [-0.2, -0.15) is 0 Å². The van der Waals surface area contributed by atoms with E-state index in [-0.39, 0.29) is 12.4 Å². The van der Waals surface area contributed by atoms with E-state index in [1.807, 2.05) is 109 Å². The number of hydrogen-bond acceptors (Lipinski definition) is 1. The number of carboxylic acid groups (broad SMARTS) is 1. The molecule has 0 bridgehead atoms. The van der Waals surface area contributed by atoms with Gasteiger partial charge in [-0.05, 0) is 16.7 Å². The van der Waals surface area contributed by atoms with Crippen LogP contribution in [0.25, 0.3) is 18.2 Å². The average molecular weight is 421 g/mol. The van der Waals surface area contributed by atoms with Gasteiger partial charge in [-0.15, -0.1) is 12.4 Å². The van der Waals surface area contributed by atoms with Gasteiger partial charge in [0.1, 0.15) is 0 Å². The average Bonchev–Trinajstić information content (AvgIpc) is 2.82. The van der Waals surface area contributed by atoms with Crippen LogP contribution < -0.4 is 0 Å². The molecule has 0 saturated heterocycles. The second kappa shape index (κ2) is 20.1. The van der Waals surface area contributed by atoms with E-state index in [0.29, 0.717) is 0 Å². The summed E-state index contributed by atoms with van der Waals surface area (Å²) in [6.07, 6.45) is 6.33. The van der Waals surface area contributed by atoms with Crippen molar-refractivity contribution >= 4 is 36.6 Å². The van der Waals surface area contributed by atoms with E-state index in [4.69, 9.17) is 5.11 Å². The van der Waals surface area contributed by atoms with E-state index >= 15 is 0 Å². The Labute approximate surface area is 186 Å². The molecule has 0 aromatic heterocycles. The lowest BCUT2D eigenvalue weighted by atomic mass is 10.2. The summed E-state index contributed by atoms with van der Waals surface area (Å²) in [5.41, 5.74) is 3.52. The third kappa shape index (κ3) is 16.5. The molecule has 0 unspecified atom stereocenters. The van der Waals surface area contributed by atoms with Crippen LogP contribution in [0.5, 0.6) is 0 Å². The maximum absolute atomic E-state index is 9.25. The van der Waals surface area contributed by atoms with Crippen LogP contribution in [0.3, 0.4) is 0 Å². The zero-order valence-corrected chi connectivity index (χ0v) is 17.9. The number of carboxylic acids is 1. The monoisotopic (exact) mass is 420 g/mol. The normalized spacial score (nSPS) is 7.87. The number of aliphatic carboxylic acids is 1. The summed E-state index contributed by atoms with van der Waals surface area (Å²) in [4.78, 5) is 9.25. The molecule has 3 heteroatoms. The molecule has 0 radical (unpaired) electrons. The first-order chi connectivity index (χ1) is 14.1. The van der Waals surface area contributed by atoms with Crippen LogP contribution in [0.1, 0.15) is 16.7 Å². The molecule has 0 aliphatic carbocycles. The van der Waals surface area contributed by atoms with Crippen LogP contribution in [0.2, 0.25) is 0 Å². The van der Waals surface area contributed by atoms with Crippen molar-refractivity contribution in [1.82, 2.24) is 0 Å². The topological polar surface area (TPSA) is 37.3 Å². The Morgan fingerprint density at radius 3 is 0.867 bits per heavy atom. The van der Waals surface area contributed by atoms with Crippen molar-refractivity contribution in [1.29, 1.82) is 0 Å². The molecule has 30 heavy (non-hydrogen) atoms. The van der Waals surface area contributed by atoms with Gasteiger partial charge in [-0.1, -0.05) is 136 Å². The molecule has 0 aliphatic rings. The number of hydrogen-bond donors (Lipinski definition) is 1. The summed E-state index contributed by atoms with van der Waals surface area (Å²) in [7, 11) is 0. The van der Waals surface area contributed by atoms with Crippen LogP contribution >= 0.6 is 12.4 Å². The Morgan fingerprint density at radius 2 is 0.767 bits per heavy atom. The molecule has 3 aromatic carbocycles. The largest absolute Gasteiger partial charge is 0.478 e. The Balaban J connectivity index is 0. The van der Waals surface area contributed by atoms with E-state index in [1.54, 1.807) is 0 Å². The highest BCUT2D eigenvalue weighted by molar-refractivity contribution is 5.85. The summed E-state index contributed by atoms with van der Waals surface area (Å²) < 4.78 is 0. The van der Waals surface area contributed by atoms with Gasteiger partial charge in [0.05, 0.1) is 0 Å². The molecule has 0 heterocycles. The quantitative estimate of drug-likeness (QED) is 0.439. The van der Waals surface area contributed by atoms with E-state index in [1.165, 1.54) is 16.7 Å². The van der Waals surface area contributed by atoms with Crippen molar-refractivity contribution in [3.05, 3.63) is 140 Å². The standard InChI is InChI=1S/3C8H8.C3H4O2.ClH/c3*1-2-8-6-4-3-5-7-8;1-2-3(4)5;/h3*2-7H,1H2;2H,1H2,(H,4,5);1H. The van der Waals surface area contributed by atoms with Gasteiger partial charge >= 0.3 is 5.97 Å². The minimum atomic E-state index is -0.981. The van der Waals surface area contributed by atoms with E-state index in [9.17, 15) is 4.79 Å². The first kappa shape index (κ1) is 28.6. The first-order valence-electron chi connectivity index (χ1n) is 8.95. The zero-order valence-electron chi connectivity index (χ0n) is 17.1. The summed E-state index contributed by atoms with van der Waals surface area (Å²) in [5, 5.41) is 7.60. The summed E-state index contributed by atoms with van der Waals surface area (Å²) in [5.74, 6) is -0.981. The lowest BCUT2D eigenvalue weighted by Crippen LogP contribution is -1.82. The summed E-state index contributed by atoms with van der Waals surface area (Å²) >= 11 is 0. The van der Waals surface area contributed by atoms with Crippen LogP contribution in [-0.4, -0.2) is 11.1 Å². The fourth-order valence-electron chi connectivity index (χ4n) is 1.77. The fourth-order valence-corrected chi connectivity index (χ4v) is 1.77. The Morgan fingerprint density at radius 1 is 0.567 bits per heavy atom. The molecule has 0 saturated carbocycles. The molecule has 156 valence electrons. The first-order valence-corrected chi connectivity index (χ1v) is 8.95. The zero-order chi connectivity index (χ0) is 21.7. The third-order valence-electron chi connectivity index (χ3n) is 3.28. The molecule has 0 spiro atoms. The van der Waals surface area contributed by atoms with Crippen LogP contribution in [-0.2, 0) is 4.79 Å². The van der Waals surface area contributed by atoms with Crippen molar-refractivity contribution in [2.24, 2.45) is 0 Å². The van der Waals surface area contributed by atoms with Gasteiger partial charge in [0.2, 0.25) is 0 Å². The van der Waals surface area contributed by atoms with Crippen molar-refractivity contribution in [3.63, 3.8) is 0 Å². The van der Waals surface area contributed by atoms with Crippen LogP contribution in [0, 0.1) is 0 Å².